The molecule has 0 atom stereocenters. The van der Waals surface area contributed by atoms with Crippen LogP contribution < -0.4 is 5.63 Å². The molecule has 0 saturated heterocycles. The molecule has 1 aromatic heterocycles. The smallest absolute Gasteiger partial charge is 0.351 e. The molecule has 0 amide bonds. The van der Waals surface area contributed by atoms with Crippen LogP contribution in [0.15, 0.2) is 68.8 Å². The highest BCUT2D eigenvalue weighted by Crippen LogP contribution is 2.31. The predicted molar refractivity (Wildman–Crippen MR) is 110 cm³/mol. The second-order valence-corrected chi connectivity index (χ2v) is 6.27. The second kappa shape index (κ2) is 8.36. The fraction of sp³-hybridized carbons (Fsp3) is 0.0455. The van der Waals surface area contributed by atoms with Crippen molar-refractivity contribution in [3.63, 3.8) is 0 Å². The van der Waals surface area contributed by atoms with Crippen LogP contribution in [0, 0.1) is 0 Å². The number of phenols is 2. The first-order valence-electron chi connectivity index (χ1n) is 8.72. The van der Waals surface area contributed by atoms with Gasteiger partial charge in [-0.15, -0.1) is 0 Å². The van der Waals surface area contributed by atoms with Crippen LogP contribution in [-0.4, -0.2) is 31.9 Å². The SMILES string of the molecule is CC(=Nc1ccccc1O)c1c(O)c(C(=O)C=Cc2cccc(O)c2)c(O)oc1=O. The normalized spacial score (nSPS) is 11.7. The van der Waals surface area contributed by atoms with Crippen LogP contribution in [0.3, 0.4) is 0 Å². The Labute approximate surface area is 170 Å². The summed E-state index contributed by atoms with van der Waals surface area (Å²) in [7, 11) is 0. The van der Waals surface area contributed by atoms with Crippen LogP contribution in [0.1, 0.15) is 28.4 Å². The molecule has 0 radical (unpaired) electrons. The van der Waals surface area contributed by atoms with Crippen LogP contribution in [0.2, 0.25) is 0 Å². The third kappa shape index (κ3) is 4.22. The number of hydrogen-bond acceptors (Lipinski definition) is 8. The zero-order valence-corrected chi connectivity index (χ0v) is 15.7. The van der Waals surface area contributed by atoms with E-state index in [0.29, 0.717) is 5.56 Å². The lowest BCUT2D eigenvalue weighted by atomic mass is 10.0. The predicted octanol–water partition coefficient (Wildman–Crippen LogP) is 3.50. The van der Waals surface area contributed by atoms with Crippen LogP contribution in [0.5, 0.6) is 23.2 Å². The molecule has 3 aromatic rings. The Morgan fingerprint density at radius 3 is 2.43 bits per heavy atom. The lowest BCUT2D eigenvalue weighted by Gasteiger charge is -2.08. The summed E-state index contributed by atoms with van der Waals surface area (Å²) < 4.78 is 4.70. The van der Waals surface area contributed by atoms with E-state index in [0.717, 1.165) is 6.08 Å². The number of phenolic OH excluding ortho intramolecular Hbond substituents is 2. The maximum absolute atomic E-state index is 12.5. The Hall–Kier alpha value is -4.33. The first-order valence-corrected chi connectivity index (χ1v) is 8.72. The van der Waals surface area contributed by atoms with E-state index in [9.17, 15) is 30.0 Å². The Morgan fingerprint density at radius 1 is 1.00 bits per heavy atom. The van der Waals surface area contributed by atoms with Crippen molar-refractivity contribution in [3.05, 3.63) is 81.7 Å². The van der Waals surface area contributed by atoms with Gasteiger partial charge in [-0.2, -0.15) is 0 Å². The summed E-state index contributed by atoms with van der Waals surface area (Å²) in [4.78, 5) is 28.8. The molecule has 2 aromatic carbocycles. The quantitative estimate of drug-likeness (QED) is 0.288. The number of carbonyl (C=O) groups excluding carboxylic acids is 1. The lowest BCUT2D eigenvalue weighted by molar-refractivity contribution is 0.103. The van der Waals surface area contributed by atoms with Crippen LogP contribution in [0.4, 0.5) is 5.69 Å². The number of allylic oxidation sites excluding steroid dienone is 1. The summed E-state index contributed by atoms with van der Waals surface area (Å²) in [5.74, 6) is -2.83. The molecule has 152 valence electrons. The standard InChI is InChI=1S/C22H17NO7/c1-12(23-15-7-2-3-8-16(15)25)18-20(27)19(22(29)30-21(18)28)17(26)10-9-13-5-4-6-14(24)11-13/h2-11,24-25,27,29H,1H3. The van der Waals surface area contributed by atoms with E-state index >= 15 is 0 Å². The van der Waals surface area contributed by atoms with E-state index in [1.54, 1.807) is 24.3 Å². The van der Waals surface area contributed by atoms with E-state index in [2.05, 4.69) is 4.99 Å². The minimum absolute atomic E-state index is 0.000659. The minimum Gasteiger partial charge on any atom is -0.508 e. The van der Waals surface area contributed by atoms with Gasteiger partial charge in [0.1, 0.15) is 34.1 Å². The molecule has 0 aliphatic rings. The van der Waals surface area contributed by atoms with Gasteiger partial charge in [-0.3, -0.25) is 4.79 Å². The molecule has 30 heavy (non-hydrogen) atoms. The summed E-state index contributed by atoms with van der Waals surface area (Å²) in [5, 5.41) is 39.8. The molecule has 4 N–H and O–H groups in total. The van der Waals surface area contributed by atoms with Crippen molar-refractivity contribution in [1.29, 1.82) is 0 Å². The summed E-state index contributed by atoms with van der Waals surface area (Å²) in [6.07, 6.45) is 2.40. The number of para-hydroxylation sites is 2. The molecule has 8 nitrogen and oxygen atoms in total. The van der Waals surface area contributed by atoms with Gasteiger partial charge in [0.25, 0.3) is 5.95 Å². The highest BCUT2D eigenvalue weighted by Gasteiger charge is 2.25. The highest BCUT2D eigenvalue weighted by molar-refractivity contribution is 6.13. The fourth-order valence-electron chi connectivity index (χ4n) is 2.73. The molecule has 8 heteroatoms. The number of aromatic hydroxyl groups is 4. The Balaban J connectivity index is 2.04. The van der Waals surface area contributed by atoms with E-state index in [1.807, 2.05) is 0 Å². The van der Waals surface area contributed by atoms with Crippen molar-refractivity contribution in [1.82, 2.24) is 0 Å². The highest BCUT2D eigenvalue weighted by atomic mass is 16.5. The third-order valence-electron chi connectivity index (χ3n) is 4.16. The number of benzene rings is 2. The maximum atomic E-state index is 12.5. The van der Waals surface area contributed by atoms with Gasteiger partial charge >= 0.3 is 5.63 Å². The van der Waals surface area contributed by atoms with Crippen molar-refractivity contribution in [2.75, 3.05) is 0 Å². The molecule has 1 heterocycles. The Kier molecular flexibility index (Phi) is 5.68. The number of carbonyl (C=O) groups is 1. The van der Waals surface area contributed by atoms with E-state index in [1.165, 1.54) is 37.3 Å². The van der Waals surface area contributed by atoms with Crippen molar-refractivity contribution in [2.24, 2.45) is 4.99 Å². The molecular weight excluding hydrogens is 390 g/mol. The number of rotatable bonds is 5. The number of ketones is 1. The first kappa shape index (κ1) is 20.4. The topological polar surface area (TPSA) is 141 Å². The summed E-state index contributed by atoms with van der Waals surface area (Å²) in [5.41, 5.74) is -1.54. The molecule has 0 aliphatic carbocycles. The van der Waals surface area contributed by atoms with Gasteiger partial charge < -0.3 is 24.8 Å². The van der Waals surface area contributed by atoms with E-state index in [4.69, 9.17) is 4.42 Å². The van der Waals surface area contributed by atoms with Gasteiger partial charge in [0.15, 0.2) is 5.78 Å². The largest absolute Gasteiger partial charge is 0.508 e. The van der Waals surface area contributed by atoms with Gasteiger partial charge in [-0.05, 0) is 42.8 Å². The van der Waals surface area contributed by atoms with Gasteiger partial charge in [0.2, 0.25) is 0 Å². The van der Waals surface area contributed by atoms with E-state index in [-0.39, 0.29) is 22.9 Å². The molecule has 0 unspecified atom stereocenters. The number of hydrogen-bond donors (Lipinski definition) is 4. The Morgan fingerprint density at radius 2 is 1.73 bits per heavy atom. The fourth-order valence-corrected chi connectivity index (χ4v) is 2.73. The van der Waals surface area contributed by atoms with Crippen molar-refractivity contribution < 1.29 is 29.6 Å². The zero-order chi connectivity index (χ0) is 21.8. The second-order valence-electron chi connectivity index (χ2n) is 6.27. The average molecular weight is 407 g/mol. The molecule has 3 rings (SSSR count). The third-order valence-corrected chi connectivity index (χ3v) is 4.16. The van der Waals surface area contributed by atoms with Gasteiger partial charge in [0, 0.05) is 0 Å². The zero-order valence-electron chi connectivity index (χ0n) is 15.7. The summed E-state index contributed by atoms with van der Waals surface area (Å²) in [6, 6.07) is 12.2. The van der Waals surface area contributed by atoms with Crippen LogP contribution in [-0.2, 0) is 0 Å². The molecule has 0 bridgehead atoms. The van der Waals surface area contributed by atoms with Crippen molar-refractivity contribution in [3.8, 4) is 23.2 Å². The van der Waals surface area contributed by atoms with E-state index < -0.39 is 34.2 Å². The Bertz CT molecular complexity index is 1240. The van der Waals surface area contributed by atoms with Crippen LogP contribution >= 0.6 is 0 Å². The van der Waals surface area contributed by atoms with Crippen molar-refractivity contribution >= 4 is 23.3 Å². The maximum Gasteiger partial charge on any atom is 0.351 e. The number of nitrogens with zero attached hydrogens (tertiary/aromatic N) is 1. The minimum atomic E-state index is -1.10. The monoisotopic (exact) mass is 407 g/mol. The molecule has 0 aliphatic heterocycles. The first-order chi connectivity index (χ1) is 14.3. The molecule has 0 fully saturated rings. The van der Waals surface area contributed by atoms with Gasteiger partial charge in [0.05, 0.1) is 5.71 Å². The molecule has 0 spiro atoms. The van der Waals surface area contributed by atoms with Gasteiger partial charge in [-0.25, -0.2) is 9.79 Å². The summed E-state index contributed by atoms with van der Waals surface area (Å²) in [6.45, 7) is 1.38. The molecule has 0 saturated carbocycles. The van der Waals surface area contributed by atoms with Gasteiger partial charge in [-0.1, -0.05) is 30.3 Å². The lowest BCUT2D eigenvalue weighted by Crippen LogP contribution is -2.15. The average Bonchev–Trinajstić information content (AvgIpc) is 2.68. The van der Waals surface area contributed by atoms with Crippen molar-refractivity contribution in [2.45, 2.75) is 6.92 Å². The molecular formula is C22H17NO7. The van der Waals surface area contributed by atoms with Crippen LogP contribution in [0.25, 0.3) is 6.08 Å². The summed E-state index contributed by atoms with van der Waals surface area (Å²) >= 11 is 0. The number of aliphatic imine (C=N–C) groups is 1.